The van der Waals surface area contributed by atoms with Crippen molar-refractivity contribution in [3.63, 3.8) is 0 Å². The Morgan fingerprint density at radius 3 is 2.58 bits per heavy atom. The van der Waals surface area contributed by atoms with Crippen molar-refractivity contribution in [1.29, 1.82) is 0 Å². The zero-order valence-electron chi connectivity index (χ0n) is 9.95. The maximum Gasteiger partial charge on any atom is 0.129 e. The standard InChI is InChI=1S/C14H11F2N3/c15-10-2-1-3-11(16)9(10)7-14-18-12-5-4-8(17)6-13(12)19-14/h1-6H,7,17H2,(H,18,19). The molecule has 1 aromatic heterocycles. The number of nitrogen functional groups attached to an aromatic ring is 1. The number of nitrogens with one attached hydrogen (secondary N) is 1. The molecule has 0 aliphatic carbocycles. The van der Waals surface area contributed by atoms with Crippen LogP contribution in [0.2, 0.25) is 0 Å². The summed E-state index contributed by atoms with van der Waals surface area (Å²) in [5.74, 6) is -0.635. The molecule has 0 saturated carbocycles. The predicted molar refractivity (Wildman–Crippen MR) is 69.7 cm³/mol. The van der Waals surface area contributed by atoms with Crippen molar-refractivity contribution in [1.82, 2.24) is 9.97 Å². The van der Waals surface area contributed by atoms with E-state index in [9.17, 15) is 8.78 Å². The van der Waals surface area contributed by atoms with Gasteiger partial charge in [-0.2, -0.15) is 0 Å². The van der Waals surface area contributed by atoms with Crippen molar-refractivity contribution in [2.75, 3.05) is 5.73 Å². The number of nitrogens with zero attached hydrogens (tertiary/aromatic N) is 1. The van der Waals surface area contributed by atoms with Crippen molar-refractivity contribution >= 4 is 16.7 Å². The van der Waals surface area contributed by atoms with E-state index in [4.69, 9.17) is 5.73 Å². The first-order chi connectivity index (χ1) is 9.13. The average Bonchev–Trinajstić information content (AvgIpc) is 2.75. The van der Waals surface area contributed by atoms with Crippen molar-refractivity contribution in [3.05, 3.63) is 59.4 Å². The number of aromatic amines is 1. The number of rotatable bonds is 2. The summed E-state index contributed by atoms with van der Waals surface area (Å²) in [6, 6.07) is 9.05. The van der Waals surface area contributed by atoms with E-state index in [2.05, 4.69) is 9.97 Å². The van der Waals surface area contributed by atoms with Crippen molar-refractivity contribution in [3.8, 4) is 0 Å². The molecule has 0 saturated heterocycles. The van der Waals surface area contributed by atoms with Gasteiger partial charge in [0, 0.05) is 17.7 Å². The van der Waals surface area contributed by atoms with Crippen molar-refractivity contribution < 1.29 is 8.78 Å². The summed E-state index contributed by atoms with van der Waals surface area (Å²) in [4.78, 5) is 7.30. The number of fused-ring (bicyclic) bond motifs is 1. The van der Waals surface area contributed by atoms with Crippen LogP contribution in [0.5, 0.6) is 0 Å². The van der Waals surface area contributed by atoms with Gasteiger partial charge in [-0.25, -0.2) is 13.8 Å². The molecule has 2 aromatic carbocycles. The summed E-state index contributed by atoms with van der Waals surface area (Å²) in [7, 11) is 0. The quantitative estimate of drug-likeness (QED) is 0.695. The Hall–Kier alpha value is -2.43. The number of hydrogen-bond acceptors (Lipinski definition) is 2. The fraction of sp³-hybridized carbons (Fsp3) is 0.0714. The molecule has 1 heterocycles. The van der Waals surface area contributed by atoms with Crippen molar-refractivity contribution in [2.24, 2.45) is 0 Å². The van der Waals surface area contributed by atoms with E-state index >= 15 is 0 Å². The fourth-order valence-electron chi connectivity index (χ4n) is 2.03. The van der Waals surface area contributed by atoms with Gasteiger partial charge in [0.15, 0.2) is 0 Å². The number of benzene rings is 2. The summed E-state index contributed by atoms with van der Waals surface area (Å²) in [5.41, 5.74) is 7.77. The van der Waals surface area contributed by atoms with E-state index in [1.165, 1.54) is 18.2 Å². The Bertz CT molecular complexity index is 729. The molecular formula is C14H11F2N3. The Labute approximate surface area is 108 Å². The number of H-pyrrole nitrogens is 1. The zero-order valence-corrected chi connectivity index (χ0v) is 9.95. The van der Waals surface area contributed by atoms with Gasteiger partial charge in [0.25, 0.3) is 0 Å². The fourth-order valence-corrected chi connectivity index (χ4v) is 2.03. The SMILES string of the molecule is Nc1ccc2nc(Cc3c(F)cccc3F)[nH]c2c1. The molecule has 0 fully saturated rings. The molecule has 3 rings (SSSR count). The highest BCUT2D eigenvalue weighted by atomic mass is 19.1. The second kappa shape index (κ2) is 4.35. The monoisotopic (exact) mass is 259 g/mol. The average molecular weight is 259 g/mol. The van der Waals surface area contributed by atoms with E-state index in [1.54, 1.807) is 18.2 Å². The highest BCUT2D eigenvalue weighted by molar-refractivity contribution is 5.78. The van der Waals surface area contributed by atoms with Gasteiger partial charge in [-0.05, 0) is 30.3 Å². The van der Waals surface area contributed by atoms with Gasteiger partial charge in [0.05, 0.1) is 11.0 Å². The zero-order chi connectivity index (χ0) is 13.4. The third kappa shape index (κ3) is 2.14. The second-order valence-corrected chi connectivity index (χ2v) is 4.34. The first kappa shape index (κ1) is 11.6. The Morgan fingerprint density at radius 2 is 1.84 bits per heavy atom. The van der Waals surface area contributed by atoms with Gasteiger partial charge < -0.3 is 10.7 Å². The van der Waals surface area contributed by atoms with E-state index in [-0.39, 0.29) is 12.0 Å². The first-order valence-electron chi connectivity index (χ1n) is 5.80. The molecule has 19 heavy (non-hydrogen) atoms. The molecule has 0 aliphatic heterocycles. The molecule has 0 spiro atoms. The summed E-state index contributed by atoms with van der Waals surface area (Å²) < 4.78 is 27.1. The van der Waals surface area contributed by atoms with Gasteiger partial charge in [0.1, 0.15) is 17.5 Å². The van der Waals surface area contributed by atoms with E-state index in [0.29, 0.717) is 11.5 Å². The molecule has 0 radical (unpaired) electrons. The van der Waals surface area contributed by atoms with Gasteiger partial charge in [0.2, 0.25) is 0 Å². The van der Waals surface area contributed by atoms with Crippen LogP contribution in [-0.4, -0.2) is 9.97 Å². The molecule has 3 N–H and O–H groups in total. The number of nitrogens with two attached hydrogens (primary N) is 1. The van der Waals surface area contributed by atoms with Crippen LogP contribution >= 0.6 is 0 Å². The van der Waals surface area contributed by atoms with Gasteiger partial charge in [-0.15, -0.1) is 0 Å². The number of hydrogen-bond donors (Lipinski definition) is 2. The maximum absolute atomic E-state index is 13.6. The summed E-state index contributed by atoms with van der Waals surface area (Å²) >= 11 is 0. The minimum Gasteiger partial charge on any atom is -0.399 e. The normalized spacial score (nSPS) is 11.1. The maximum atomic E-state index is 13.6. The van der Waals surface area contributed by atoms with E-state index in [0.717, 1.165) is 11.0 Å². The van der Waals surface area contributed by atoms with Crippen LogP contribution in [0.3, 0.4) is 0 Å². The Balaban J connectivity index is 2.01. The Kier molecular flexibility index (Phi) is 2.67. The molecule has 0 unspecified atom stereocenters. The number of aromatic nitrogens is 2. The number of anilines is 1. The second-order valence-electron chi connectivity index (χ2n) is 4.34. The topological polar surface area (TPSA) is 54.7 Å². The molecule has 0 amide bonds. The highest BCUT2D eigenvalue weighted by Crippen LogP contribution is 2.19. The molecule has 3 nitrogen and oxygen atoms in total. The summed E-state index contributed by atoms with van der Waals surface area (Å²) in [6.45, 7) is 0. The molecule has 5 heteroatoms. The third-order valence-electron chi connectivity index (χ3n) is 2.96. The van der Waals surface area contributed by atoms with Gasteiger partial charge in [-0.1, -0.05) is 6.07 Å². The molecule has 3 aromatic rings. The molecule has 0 aliphatic rings. The van der Waals surface area contributed by atoms with Crippen LogP contribution < -0.4 is 5.73 Å². The van der Waals surface area contributed by atoms with Crippen LogP contribution in [0.15, 0.2) is 36.4 Å². The predicted octanol–water partition coefficient (Wildman–Crippen LogP) is 3.01. The van der Waals surface area contributed by atoms with Crippen LogP contribution in [-0.2, 0) is 6.42 Å². The summed E-state index contributed by atoms with van der Waals surface area (Å²) in [6.07, 6.45) is 0.0765. The minimum absolute atomic E-state index is 0.00882. The smallest absolute Gasteiger partial charge is 0.129 e. The highest BCUT2D eigenvalue weighted by Gasteiger charge is 2.11. The molecular weight excluding hydrogens is 248 g/mol. The lowest BCUT2D eigenvalue weighted by Crippen LogP contribution is -1.98. The molecule has 0 atom stereocenters. The van der Waals surface area contributed by atoms with E-state index < -0.39 is 11.6 Å². The number of imidazole rings is 1. The molecule has 96 valence electrons. The van der Waals surface area contributed by atoms with Crippen molar-refractivity contribution in [2.45, 2.75) is 6.42 Å². The minimum atomic E-state index is -0.569. The van der Waals surface area contributed by atoms with Crippen LogP contribution in [0.1, 0.15) is 11.4 Å². The molecule has 0 bridgehead atoms. The lowest BCUT2D eigenvalue weighted by molar-refractivity contribution is 0.559. The third-order valence-corrected chi connectivity index (χ3v) is 2.96. The van der Waals surface area contributed by atoms with Crippen LogP contribution in [0.4, 0.5) is 14.5 Å². The first-order valence-corrected chi connectivity index (χ1v) is 5.80. The number of halogens is 2. The summed E-state index contributed by atoms with van der Waals surface area (Å²) in [5, 5.41) is 0. The largest absolute Gasteiger partial charge is 0.399 e. The van der Waals surface area contributed by atoms with E-state index in [1.807, 2.05) is 0 Å². The Morgan fingerprint density at radius 1 is 1.11 bits per heavy atom. The van der Waals surface area contributed by atoms with Crippen LogP contribution in [0, 0.1) is 11.6 Å². The van der Waals surface area contributed by atoms with Crippen LogP contribution in [0.25, 0.3) is 11.0 Å². The van der Waals surface area contributed by atoms with Gasteiger partial charge in [-0.3, -0.25) is 0 Å². The van der Waals surface area contributed by atoms with Gasteiger partial charge >= 0.3 is 0 Å². The lowest BCUT2D eigenvalue weighted by atomic mass is 10.1. The lowest BCUT2D eigenvalue weighted by Gasteiger charge is -2.01.